The van der Waals surface area contributed by atoms with E-state index in [4.69, 9.17) is 4.74 Å². The number of carbonyl (C=O) groups is 1. The predicted octanol–water partition coefficient (Wildman–Crippen LogP) is 1.94. The summed E-state index contributed by atoms with van der Waals surface area (Å²) in [6, 6.07) is 8.78. The first-order chi connectivity index (χ1) is 12.1. The lowest BCUT2D eigenvalue weighted by molar-refractivity contribution is 0.0487. The van der Waals surface area contributed by atoms with E-state index in [1.807, 2.05) is 12.1 Å². The molecule has 3 atom stereocenters. The fourth-order valence-electron chi connectivity index (χ4n) is 5.04. The number of ether oxygens (including phenoxy) is 1. The molecule has 2 bridgehead atoms. The van der Waals surface area contributed by atoms with Crippen molar-refractivity contribution in [1.29, 1.82) is 0 Å². The van der Waals surface area contributed by atoms with Gasteiger partial charge in [0, 0.05) is 43.5 Å². The Labute approximate surface area is 150 Å². The van der Waals surface area contributed by atoms with Gasteiger partial charge in [0.05, 0.1) is 13.2 Å². The molecular formula is C20H29N3O2. The van der Waals surface area contributed by atoms with Gasteiger partial charge in [-0.2, -0.15) is 0 Å². The van der Waals surface area contributed by atoms with Crippen LogP contribution in [0.1, 0.15) is 23.2 Å². The zero-order chi connectivity index (χ0) is 17.4. The van der Waals surface area contributed by atoms with E-state index in [0.717, 1.165) is 50.6 Å². The van der Waals surface area contributed by atoms with Crippen LogP contribution in [0.15, 0.2) is 24.3 Å². The van der Waals surface area contributed by atoms with Crippen molar-refractivity contribution in [3.8, 4) is 0 Å². The smallest absolute Gasteiger partial charge is 0.253 e. The van der Waals surface area contributed by atoms with Gasteiger partial charge in [0.1, 0.15) is 0 Å². The van der Waals surface area contributed by atoms with E-state index in [1.54, 1.807) is 0 Å². The van der Waals surface area contributed by atoms with Crippen molar-refractivity contribution >= 4 is 11.6 Å². The van der Waals surface area contributed by atoms with E-state index < -0.39 is 0 Å². The fourth-order valence-corrected chi connectivity index (χ4v) is 5.04. The number of hydrogen-bond donors (Lipinski definition) is 0. The average Bonchev–Trinajstić information content (AvgIpc) is 2.92. The second-order valence-corrected chi connectivity index (χ2v) is 7.91. The first-order valence-electron chi connectivity index (χ1n) is 9.52. The van der Waals surface area contributed by atoms with Crippen LogP contribution < -0.4 is 4.90 Å². The van der Waals surface area contributed by atoms with Crippen LogP contribution in [0.2, 0.25) is 0 Å². The summed E-state index contributed by atoms with van der Waals surface area (Å²) >= 11 is 0. The highest BCUT2D eigenvalue weighted by Gasteiger charge is 2.44. The molecule has 1 amide bonds. The number of benzene rings is 1. The minimum Gasteiger partial charge on any atom is -0.378 e. The lowest BCUT2D eigenvalue weighted by Crippen LogP contribution is -2.52. The Morgan fingerprint density at radius 1 is 1.12 bits per heavy atom. The number of anilines is 1. The van der Waals surface area contributed by atoms with Gasteiger partial charge < -0.3 is 19.4 Å². The molecule has 0 radical (unpaired) electrons. The molecule has 136 valence electrons. The summed E-state index contributed by atoms with van der Waals surface area (Å²) in [5, 5.41) is 0. The molecule has 2 heterocycles. The van der Waals surface area contributed by atoms with Gasteiger partial charge in [-0.1, -0.05) is 6.07 Å². The van der Waals surface area contributed by atoms with Crippen LogP contribution in [0.25, 0.3) is 0 Å². The van der Waals surface area contributed by atoms with Crippen LogP contribution >= 0.6 is 0 Å². The Kier molecular flexibility index (Phi) is 4.69. The zero-order valence-corrected chi connectivity index (χ0v) is 15.4. The molecule has 0 spiro atoms. The second-order valence-electron chi connectivity index (χ2n) is 7.91. The van der Waals surface area contributed by atoms with Crippen molar-refractivity contribution in [2.24, 2.45) is 11.8 Å². The number of piperidine rings is 1. The minimum atomic E-state index is 0.198. The van der Waals surface area contributed by atoms with Crippen LogP contribution in [0.5, 0.6) is 0 Å². The molecule has 2 aliphatic heterocycles. The third-order valence-electron chi connectivity index (χ3n) is 6.14. The molecule has 1 aromatic rings. The predicted molar refractivity (Wildman–Crippen MR) is 99.1 cm³/mol. The SMILES string of the molecule is CN(C)C1[C@@H]2CC[C@H]1CN(C(=O)c1cccc(N3CCOCC3)c1)C2. The summed E-state index contributed by atoms with van der Waals surface area (Å²) in [4.78, 5) is 19.9. The number of morpholine rings is 1. The van der Waals surface area contributed by atoms with E-state index in [0.29, 0.717) is 17.9 Å². The zero-order valence-electron chi connectivity index (χ0n) is 15.4. The number of nitrogens with zero attached hydrogens (tertiary/aromatic N) is 3. The Morgan fingerprint density at radius 2 is 1.80 bits per heavy atom. The van der Waals surface area contributed by atoms with Gasteiger partial charge in [-0.25, -0.2) is 0 Å². The van der Waals surface area contributed by atoms with Crippen molar-refractivity contribution in [1.82, 2.24) is 9.80 Å². The van der Waals surface area contributed by atoms with Crippen LogP contribution in [-0.4, -0.2) is 75.2 Å². The molecule has 0 aromatic heterocycles. The maximum atomic E-state index is 13.1. The van der Waals surface area contributed by atoms with Crippen molar-refractivity contribution < 1.29 is 9.53 Å². The summed E-state index contributed by atoms with van der Waals surface area (Å²) in [5.74, 6) is 1.45. The van der Waals surface area contributed by atoms with Crippen molar-refractivity contribution in [3.63, 3.8) is 0 Å². The summed E-state index contributed by atoms with van der Waals surface area (Å²) in [6.07, 6.45) is 2.51. The Morgan fingerprint density at radius 3 is 2.44 bits per heavy atom. The summed E-state index contributed by atoms with van der Waals surface area (Å²) in [5.41, 5.74) is 1.96. The van der Waals surface area contributed by atoms with Crippen molar-refractivity contribution in [2.45, 2.75) is 18.9 Å². The number of hydrogen-bond acceptors (Lipinski definition) is 4. The van der Waals surface area contributed by atoms with Gasteiger partial charge in [-0.15, -0.1) is 0 Å². The molecule has 5 heteroatoms. The van der Waals surface area contributed by atoms with Gasteiger partial charge in [0.15, 0.2) is 0 Å². The molecule has 5 nitrogen and oxygen atoms in total. The number of amides is 1. The highest BCUT2D eigenvalue weighted by atomic mass is 16.5. The molecule has 1 saturated carbocycles. The van der Waals surface area contributed by atoms with E-state index >= 15 is 0 Å². The van der Waals surface area contributed by atoms with Gasteiger partial charge in [-0.3, -0.25) is 4.79 Å². The van der Waals surface area contributed by atoms with Crippen LogP contribution in [0, 0.1) is 11.8 Å². The van der Waals surface area contributed by atoms with Gasteiger partial charge >= 0.3 is 0 Å². The summed E-state index contributed by atoms with van der Waals surface area (Å²) in [6.45, 7) is 5.13. The normalized spacial score (nSPS) is 29.3. The largest absolute Gasteiger partial charge is 0.378 e. The van der Waals surface area contributed by atoms with Gasteiger partial charge in [0.25, 0.3) is 5.91 Å². The van der Waals surface area contributed by atoms with Gasteiger partial charge in [-0.05, 0) is 57.0 Å². The van der Waals surface area contributed by atoms with E-state index in [-0.39, 0.29) is 5.91 Å². The first kappa shape index (κ1) is 16.9. The van der Waals surface area contributed by atoms with E-state index in [1.165, 1.54) is 12.8 Å². The number of fused-ring (bicyclic) bond motifs is 2. The molecular weight excluding hydrogens is 314 g/mol. The van der Waals surface area contributed by atoms with Crippen LogP contribution in [0.3, 0.4) is 0 Å². The molecule has 4 rings (SSSR count). The van der Waals surface area contributed by atoms with Crippen LogP contribution in [-0.2, 0) is 4.74 Å². The number of likely N-dealkylation sites (tertiary alicyclic amines) is 1. The third kappa shape index (κ3) is 3.27. The topological polar surface area (TPSA) is 36.0 Å². The monoisotopic (exact) mass is 343 g/mol. The number of carbonyl (C=O) groups excluding carboxylic acids is 1. The summed E-state index contributed by atoms with van der Waals surface area (Å²) < 4.78 is 5.43. The molecule has 25 heavy (non-hydrogen) atoms. The third-order valence-corrected chi connectivity index (χ3v) is 6.14. The standard InChI is InChI=1S/C20H29N3O2/c1-21(2)19-16-6-7-17(19)14-23(13-16)20(24)15-4-3-5-18(12-15)22-8-10-25-11-9-22/h3-5,12,16-17,19H,6-11,13-14H2,1-2H3/t16-,17+,19?. The van der Waals surface area contributed by atoms with E-state index in [2.05, 4.69) is 40.9 Å². The maximum absolute atomic E-state index is 13.1. The molecule has 1 aliphatic carbocycles. The number of rotatable bonds is 3. The van der Waals surface area contributed by atoms with Crippen LogP contribution in [0.4, 0.5) is 5.69 Å². The van der Waals surface area contributed by atoms with Gasteiger partial charge in [0.2, 0.25) is 0 Å². The maximum Gasteiger partial charge on any atom is 0.253 e. The first-order valence-corrected chi connectivity index (χ1v) is 9.52. The Hall–Kier alpha value is -1.59. The highest BCUT2D eigenvalue weighted by Crippen LogP contribution is 2.39. The quantitative estimate of drug-likeness (QED) is 0.840. The van der Waals surface area contributed by atoms with Crippen molar-refractivity contribution in [2.75, 3.05) is 58.4 Å². The molecule has 3 fully saturated rings. The highest BCUT2D eigenvalue weighted by molar-refractivity contribution is 5.95. The Balaban J connectivity index is 1.48. The minimum absolute atomic E-state index is 0.198. The second kappa shape index (κ2) is 6.96. The average molecular weight is 343 g/mol. The molecule has 0 N–H and O–H groups in total. The van der Waals surface area contributed by atoms with E-state index in [9.17, 15) is 4.79 Å². The lowest BCUT2D eigenvalue weighted by Gasteiger charge is -2.41. The van der Waals surface area contributed by atoms with Crippen molar-refractivity contribution in [3.05, 3.63) is 29.8 Å². The lowest BCUT2D eigenvalue weighted by atomic mass is 9.91. The molecule has 2 saturated heterocycles. The Bertz CT molecular complexity index is 613. The fraction of sp³-hybridized carbons (Fsp3) is 0.650. The summed E-state index contributed by atoms with van der Waals surface area (Å²) in [7, 11) is 4.36. The molecule has 1 aromatic carbocycles. The molecule has 3 aliphatic rings. The molecule has 1 unspecified atom stereocenters.